The summed E-state index contributed by atoms with van der Waals surface area (Å²) in [5, 5.41) is 8.95. The summed E-state index contributed by atoms with van der Waals surface area (Å²) in [4.78, 5) is 0. The first-order chi connectivity index (χ1) is 8.70. The van der Waals surface area contributed by atoms with Gasteiger partial charge in [0.25, 0.3) is 0 Å². The summed E-state index contributed by atoms with van der Waals surface area (Å²) in [5.74, 6) is 0.786. The molecule has 0 unspecified atom stereocenters. The van der Waals surface area contributed by atoms with Gasteiger partial charge in [0.1, 0.15) is 12.4 Å². The summed E-state index contributed by atoms with van der Waals surface area (Å²) in [7, 11) is 0. The maximum Gasteiger partial charge on any atom is 0.119 e. The van der Waals surface area contributed by atoms with E-state index in [-0.39, 0.29) is 6.61 Å². The average molecular weight is 243 g/mol. The van der Waals surface area contributed by atoms with Gasteiger partial charge in [0.15, 0.2) is 0 Å². The quantitative estimate of drug-likeness (QED) is 0.812. The molecule has 0 atom stereocenters. The van der Waals surface area contributed by atoms with Crippen LogP contribution in [0.4, 0.5) is 5.69 Å². The lowest BCUT2D eigenvalue weighted by atomic mass is 10.1. The fraction of sp³-hybridized carbons (Fsp3) is 0.200. The van der Waals surface area contributed by atoms with Crippen molar-refractivity contribution in [3.63, 3.8) is 0 Å². The molecular weight excluding hydrogens is 226 g/mol. The number of nitrogens with two attached hydrogens (primary N) is 1. The zero-order valence-corrected chi connectivity index (χ0v) is 10.4. The van der Waals surface area contributed by atoms with Gasteiger partial charge in [0, 0.05) is 5.69 Å². The predicted octanol–water partition coefficient (Wildman–Crippen LogP) is 2.65. The minimum absolute atomic E-state index is 0.0502. The van der Waals surface area contributed by atoms with Crippen molar-refractivity contribution in [2.45, 2.75) is 20.1 Å². The van der Waals surface area contributed by atoms with Crippen molar-refractivity contribution < 1.29 is 9.84 Å². The fourth-order valence-electron chi connectivity index (χ4n) is 1.71. The Morgan fingerprint density at radius 1 is 1.11 bits per heavy atom. The van der Waals surface area contributed by atoms with E-state index in [1.807, 2.05) is 49.4 Å². The van der Waals surface area contributed by atoms with E-state index in [1.54, 1.807) is 0 Å². The van der Waals surface area contributed by atoms with Crippen molar-refractivity contribution in [1.29, 1.82) is 0 Å². The first-order valence-electron chi connectivity index (χ1n) is 5.87. The Balaban J connectivity index is 2.04. The molecule has 2 aromatic rings. The lowest BCUT2D eigenvalue weighted by molar-refractivity contribution is 0.280. The van der Waals surface area contributed by atoms with Crippen LogP contribution < -0.4 is 10.5 Å². The number of aliphatic hydroxyl groups is 1. The van der Waals surface area contributed by atoms with Crippen LogP contribution in [-0.2, 0) is 13.2 Å². The van der Waals surface area contributed by atoms with Crippen LogP contribution in [0.1, 0.15) is 16.7 Å². The molecule has 0 aliphatic heterocycles. The van der Waals surface area contributed by atoms with Crippen molar-refractivity contribution in [1.82, 2.24) is 0 Å². The van der Waals surface area contributed by atoms with Gasteiger partial charge in [-0.1, -0.05) is 24.3 Å². The van der Waals surface area contributed by atoms with Crippen molar-refractivity contribution in [2.24, 2.45) is 0 Å². The van der Waals surface area contributed by atoms with Crippen molar-refractivity contribution >= 4 is 5.69 Å². The first-order valence-corrected chi connectivity index (χ1v) is 5.87. The summed E-state index contributed by atoms with van der Waals surface area (Å²) in [6, 6.07) is 13.2. The molecule has 0 saturated heterocycles. The molecule has 2 rings (SSSR count). The Morgan fingerprint density at radius 3 is 2.50 bits per heavy atom. The number of anilines is 1. The first kappa shape index (κ1) is 12.5. The van der Waals surface area contributed by atoms with Gasteiger partial charge in [0.2, 0.25) is 0 Å². The van der Waals surface area contributed by atoms with Gasteiger partial charge in [-0.05, 0) is 41.8 Å². The molecule has 94 valence electrons. The monoisotopic (exact) mass is 243 g/mol. The van der Waals surface area contributed by atoms with Gasteiger partial charge in [-0.15, -0.1) is 0 Å². The standard InChI is InChI=1S/C15H17NO2/c1-11-13(3-2-4-15(11)16)10-18-14-7-5-12(9-17)6-8-14/h2-8,17H,9-10,16H2,1H3. The molecule has 0 fully saturated rings. The molecule has 0 aliphatic carbocycles. The Hall–Kier alpha value is -2.00. The molecule has 3 nitrogen and oxygen atoms in total. The lowest BCUT2D eigenvalue weighted by Gasteiger charge is -2.10. The Labute approximate surface area is 107 Å². The summed E-state index contributed by atoms with van der Waals surface area (Å²) in [6.07, 6.45) is 0. The third-order valence-electron chi connectivity index (χ3n) is 2.99. The lowest BCUT2D eigenvalue weighted by Crippen LogP contribution is -2.00. The molecular formula is C15H17NO2. The average Bonchev–Trinajstić information content (AvgIpc) is 2.41. The van der Waals surface area contributed by atoms with Crippen LogP contribution in [0.15, 0.2) is 42.5 Å². The summed E-state index contributed by atoms with van der Waals surface area (Å²) in [5.41, 5.74) is 9.65. The molecule has 0 saturated carbocycles. The molecule has 0 radical (unpaired) electrons. The number of aliphatic hydroxyl groups excluding tert-OH is 1. The molecule has 3 N–H and O–H groups in total. The van der Waals surface area contributed by atoms with E-state index in [0.29, 0.717) is 6.61 Å². The Morgan fingerprint density at radius 2 is 1.83 bits per heavy atom. The second-order valence-electron chi connectivity index (χ2n) is 4.22. The number of hydrogen-bond donors (Lipinski definition) is 2. The van der Waals surface area contributed by atoms with Gasteiger partial charge in [-0.2, -0.15) is 0 Å². The van der Waals surface area contributed by atoms with Crippen LogP contribution in [0, 0.1) is 6.92 Å². The van der Waals surface area contributed by atoms with E-state index in [4.69, 9.17) is 15.6 Å². The zero-order chi connectivity index (χ0) is 13.0. The van der Waals surface area contributed by atoms with Gasteiger partial charge in [0.05, 0.1) is 6.61 Å². The Kier molecular flexibility index (Phi) is 3.85. The molecule has 3 heteroatoms. The number of ether oxygens (including phenoxy) is 1. The van der Waals surface area contributed by atoms with E-state index in [0.717, 1.165) is 28.1 Å². The van der Waals surface area contributed by atoms with Crippen LogP contribution >= 0.6 is 0 Å². The van der Waals surface area contributed by atoms with Crippen molar-refractivity contribution in [3.05, 3.63) is 59.2 Å². The molecule has 2 aromatic carbocycles. The second kappa shape index (κ2) is 5.56. The fourth-order valence-corrected chi connectivity index (χ4v) is 1.71. The summed E-state index contributed by atoms with van der Waals surface area (Å²) >= 11 is 0. The minimum Gasteiger partial charge on any atom is -0.489 e. The number of nitrogen functional groups attached to an aromatic ring is 1. The molecule has 0 bridgehead atoms. The molecule has 18 heavy (non-hydrogen) atoms. The van der Waals surface area contributed by atoms with Gasteiger partial charge in [-0.25, -0.2) is 0 Å². The zero-order valence-electron chi connectivity index (χ0n) is 10.4. The highest BCUT2D eigenvalue weighted by molar-refractivity contribution is 5.49. The highest BCUT2D eigenvalue weighted by Gasteiger charge is 2.02. The number of benzene rings is 2. The molecule has 0 spiro atoms. The van der Waals surface area contributed by atoms with Gasteiger partial charge in [-0.3, -0.25) is 0 Å². The molecule has 0 amide bonds. The highest BCUT2D eigenvalue weighted by Crippen LogP contribution is 2.19. The second-order valence-corrected chi connectivity index (χ2v) is 4.22. The van der Waals surface area contributed by atoms with Crippen molar-refractivity contribution in [3.8, 4) is 5.75 Å². The van der Waals surface area contributed by atoms with E-state index >= 15 is 0 Å². The summed E-state index contributed by atoms with van der Waals surface area (Å²) < 4.78 is 5.69. The SMILES string of the molecule is Cc1c(N)cccc1COc1ccc(CO)cc1. The molecule has 0 heterocycles. The highest BCUT2D eigenvalue weighted by atomic mass is 16.5. The largest absolute Gasteiger partial charge is 0.489 e. The van der Waals surface area contributed by atoms with Crippen LogP contribution in [-0.4, -0.2) is 5.11 Å². The molecule has 0 aliphatic rings. The maximum atomic E-state index is 8.95. The summed E-state index contributed by atoms with van der Waals surface area (Å²) in [6.45, 7) is 2.53. The third kappa shape index (κ3) is 2.81. The molecule has 0 aromatic heterocycles. The van der Waals surface area contributed by atoms with E-state index < -0.39 is 0 Å². The van der Waals surface area contributed by atoms with E-state index in [9.17, 15) is 0 Å². The van der Waals surface area contributed by atoms with Crippen LogP contribution in [0.3, 0.4) is 0 Å². The van der Waals surface area contributed by atoms with E-state index in [2.05, 4.69) is 0 Å². The number of rotatable bonds is 4. The smallest absolute Gasteiger partial charge is 0.119 e. The van der Waals surface area contributed by atoms with Gasteiger partial charge < -0.3 is 15.6 Å². The Bertz CT molecular complexity index is 521. The van der Waals surface area contributed by atoms with Crippen LogP contribution in [0.25, 0.3) is 0 Å². The van der Waals surface area contributed by atoms with E-state index in [1.165, 1.54) is 0 Å². The van der Waals surface area contributed by atoms with Crippen LogP contribution in [0.2, 0.25) is 0 Å². The van der Waals surface area contributed by atoms with Gasteiger partial charge >= 0.3 is 0 Å². The van der Waals surface area contributed by atoms with Crippen LogP contribution in [0.5, 0.6) is 5.75 Å². The topological polar surface area (TPSA) is 55.5 Å². The number of hydrogen-bond acceptors (Lipinski definition) is 3. The minimum atomic E-state index is 0.0502. The third-order valence-corrected chi connectivity index (χ3v) is 2.99. The maximum absolute atomic E-state index is 8.95. The normalized spacial score (nSPS) is 10.3. The van der Waals surface area contributed by atoms with Crippen molar-refractivity contribution in [2.75, 3.05) is 5.73 Å². The predicted molar refractivity (Wildman–Crippen MR) is 72.3 cm³/mol.